The lowest BCUT2D eigenvalue weighted by Gasteiger charge is -2.13. The van der Waals surface area contributed by atoms with Gasteiger partial charge < -0.3 is 10.6 Å². The number of nitrogens with one attached hydrogen (secondary N) is 1. The minimum Gasteiger partial charge on any atom is -0.329 e. The van der Waals surface area contributed by atoms with Gasteiger partial charge in [0.2, 0.25) is 10.0 Å². The molecule has 1 aromatic rings. The maximum atomic E-state index is 12.0. The molecule has 0 aromatic heterocycles. The second kappa shape index (κ2) is 7.81. The van der Waals surface area contributed by atoms with Crippen LogP contribution in [0.4, 0.5) is 0 Å². The summed E-state index contributed by atoms with van der Waals surface area (Å²) in [6, 6.07) is 6.61. The molecule has 0 aliphatic rings. The minimum absolute atomic E-state index is 0. The molecule has 0 bridgehead atoms. The zero-order chi connectivity index (χ0) is 13.8. The number of hydrogen-bond donors (Lipinski definition) is 2. The van der Waals surface area contributed by atoms with Gasteiger partial charge >= 0.3 is 0 Å². The Morgan fingerprint density at radius 1 is 1.26 bits per heavy atom. The summed E-state index contributed by atoms with van der Waals surface area (Å²) in [5.74, 6) is 0. The molecule has 1 rings (SSSR count). The van der Waals surface area contributed by atoms with Gasteiger partial charge in [0.05, 0.1) is 4.90 Å². The predicted molar refractivity (Wildman–Crippen MR) is 79.9 cm³/mol. The van der Waals surface area contributed by atoms with Gasteiger partial charge in [0.15, 0.2) is 0 Å². The van der Waals surface area contributed by atoms with Crippen molar-refractivity contribution in [2.24, 2.45) is 5.73 Å². The van der Waals surface area contributed by atoms with Crippen LogP contribution in [0.1, 0.15) is 12.5 Å². The van der Waals surface area contributed by atoms with Crippen molar-refractivity contribution in [3.63, 3.8) is 0 Å². The average molecular weight is 308 g/mol. The van der Waals surface area contributed by atoms with Crippen molar-refractivity contribution in [2.45, 2.75) is 24.4 Å². The molecule has 1 aromatic carbocycles. The van der Waals surface area contributed by atoms with E-state index in [1.54, 1.807) is 19.1 Å². The van der Waals surface area contributed by atoms with Crippen molar-refractivity contribution in [1.82, 2.24) is 9.62 Å². The second-order valence-electron chi connectivity index (χ2n) is 4.64. The third kappa shape index (κ3) is 5.88. The first-order valence-electron chi connectivity index (χ1n) is 5.81. The van der Waals surface area contributed by atoms with Crippen LogP contribution in [-0.4, -0.2) is 40.0 Å². The molecule has 110 valence electrons. The van der Waals surface area contributed by atoms with Crippen molar-refractivity contribution in [3.8, 4) is 0 Å². The third-order valence-corrected chi connectivity index (χ3v) is 4.05. The summed E-state index contributed by atoms with van der Waals surface area (Å²) in [6.45, 7) is 2.79. The Balaban J connectivity index is 0.00000324. The van der Waals surface area contributed by atoms with Crippen LogP contribution in [-0.2, 0) is 16.6 Å². The van der Waals surface area contributed by atoms with E-state index in [0.717, 1.165) is 12.1 Å². The first-order chi connectivity index (χ1) is 8.35. The van der Waals surface area contributed by atoms with Crippen molar-refractivity contribution in [1.29, 1.82) is 0 Å². The second-order valence-corrected chi connectivity index (χ2v) is 6.35. The van der Waals surface area contributed by atoms with Crippen LogP contribution in [0.25, 0.3) is 0 Å². The van der Waals surface area contributed by atoms with E-state index in [9.17, 15) is 8.42 Å². The zero-order valence-electron chi connectivity index (χ0n) is 11.5. The molecule has 19 heavy (non-hydrogen) atoms. The Morgan fingerprint density at radius 3 is 2.21 bits per heavy atom. The van der Waals surface area contributed by atoms with Gasteiger partial charge in [-0.05, 0) is 38.7 Å². The van der Waals surface area contributed by atoms with Gasteiger partial charge in [-0.25, -0.2) is 13.1 Å². The average Bonchev–Trinajstić information content (AvgIpc) is 2.28. The van der Waals surface area contributed by atoms with Gasteiger partial charge in [-0.3, -0.25) is 0 Å². The Morgan fingerprint density at radius 2 is 1.79 bits per heavy atom. The summed E-state index contributed by atoms with van der Waals surface area (Å²) < 4.78 is 26.4. The molecule has 0 radical (unpaired) electrons. The number of nitrogens with zero attached hydrogens (tertiary/aromatic N) is 1. The quantitative estimate of drug-likeness (QED) is 0.815. The van der Waals surface area contributed by atoms with Crippen LogP contribution < -0.4 is 10.5 Å². The van der Waals surface area contributed by atoms with Gasteiger partial charge in [-0.1, -0.05) is 12.1 Å². The summed E-state index contributed by atoms with van der Waals surface area (Å²) in [4.78, 5) is 2.29. The summed E-state index contributed by atoms with van der Waals surface area (Å²) in [5, 5.41) is 0. The molecular formula is C12H22ClN3O2S. The molecule has 0 spiro atoms. The number of nitrogens with two attached hydrogens (primary N) is 1. The lowest BCUT2D eigenvalue weighted by atomic mass is 10.2. The third-order valence-electron chi connectivity index (χ3n) is 2.44. The fourth-order valence-electron chi connectivity index (χ4n) is 1.52. The van der Waals surface area contributed by atoms with E-state index < -0.39 is 10.0 Å². The SMILES string of the molecule is C[C@H](CN)NS(=O)(=O)c1ccc(CN(C)C)cc1.Cl. The summed E-state index contributed by atoms with van der Waals surface area (Å²) in [5.41, 5.74) is 6.48. The minimum atomic E-state index is -3.46. The molecule has 0 unspecified atom stereocenters. The molecule has 0 saturated heterocycles. The van der Waals surface area contributed by atoms with Gasteiger partial charge in [-0.2, -0.15) is 0 Å². The van der Waals surface area contributed by atoms with E-state index in [4.69, 9.17) is 5.73 Å². The molecule has 7 heteroatoms. The molecule has 0 aliphatic carbocycles. The molecule has 0 aliphatic heterocycles. The first kappa shape index (κ1) is 18.3. The summed E-state index contributed by atoms with van der Waals surface area (Å²) >= 11 is 0. The van der Waals surface area contributed by atoms with Gasteiger partial charge in [0.25, 0.3) is 0 Å². The molecular weight excluding hydrogens is 286 g/mol. The molecule has 0 heterocycles. The zero-order valence-corrected chi connectivity index (χ0v) is 13.1. The van der Waals surface area contributed by atoms with Crippen LogP contribution in [0.5, 0.6) is 0 Å². The number of halogens is 1. The highest BCUT2D eigenvalue weighted by Crippen LogP contribution is 2.11. The Hall–Kier alpha value is -0.660. The Kier molecular flexibility index (Phi) is 7.54. The van der Waals surface area contributed by atoms with E-state index in [1.807, 2.05) is 31.1 Å². The van der Waals surface area contributed by atoms with Crippen LogP contribution in [0.3, 0.4) is 0 Å². The molecule has 0 amide bonds. The van der Waals surface area contributed by atoms with Gasteiger partial charge in [-0.15, -0.1) is 12.4 Å². The van der Waals surface area contributed by atoms with Crippen molar-refractivity contribution < 1.29 is 8.42 Å². The van der Waals surface area contributed by atoms with Crippen LogP contribution >= 0.6 is 12.4 Å². The predicted octanol–water partition coefficient (Wildman–Crippen LogP) is 0.796. The summed E-state index contributed by atoms with van der Waals surface area (Å²) in [7, 11) is 0.474. The fraction of sp³-hybridized carbons (Fsp3) is 0.500. The molecule has 0 saturated carbocycles. The van der Waals surface area contributed by atoms with E-state index in [2.05, 4.69) is 4.72 Å². The summed E-state index contributed by atoms with van der Waals surface area (Å²) in [6.07, 6.45) is 0. The first-order valence-corrected chi connectivity index (χ1v) is 7.29. The number of sulfonamides is 1. The molecule has 0 fully saturated rings. The van der Waals surface area contributed by atoms with Crippen molar-refractivity contribution >= 4 is 22.4 Å². The lowest BCUT2D eigenvalue weighted by Crippen LogP contribution is -2.37. The maximum absolute atomic E-state index is 12.0. The number of benzene rings is 1. The standard InChI is InChI=1S/C12H21N3O2S.ClH/c1-10(8-13)14-18(16,17)12-6-4-11(5-7-12)9-15(2)3;/h4-7,10,14H,8-9,13H2,1-3H3;1H/t10-;/m1./s1. The van der Waals surface area contributed by atoms with Crippen LogP contribution in [0, 0.1) is 0 Å². The van der Waals surface area contributed by atoms with Crippen molar-refractivity contribution in [3.05, 3.63) is 29.8 Å². The molecule has 1 atom stereocenters. The highest BCUT2D eigenvalue weighted by molar-refractivity contribution is 7.89. The Bertz CT molecular complexity index is 474. The fourth-order valence-corrected chi connectivity index (χ4v) is 2.78. The van der Waals surface area contributed by atoms with Crippen LogP contribution in [0.2, 0.25) is 0 Å². The van der Waals surface area contributed by atoms with Gasteiger partial charge in [0.1, 0.15) is 0 Å². The lowest BCUT2D eigenvalue weighted by molar-refractivity contribution is 0.402. The monoisotopic (exact) mass is 307 g/mol. The Labute approximate surface area is 121 Å². The topological polar surface area (TPSA) is 75.4 Å². The number of hydrogen-bond acceptors (Lipinski definition) is 4. The molecule has 3 N–H and O–H groups in total. The van der Waals surface area contributed by atoms with E-state index in [-0.39, 0.29) is 29.9 Å². The van der Waals surface area contributed by atoms with Gasteiger partial charge in [0, 0.05) is 19.1 Å². The highest BCUT2D eigenvalue weighted by Gasteiger charge is 2.16. The largest absolute Gasteiger partial charge is 0.329 e. The van der Waals surface area contributed by atoms with E-state index in [1.165, 1.54) is 0 Å². The van der Waals surface area contributed by atoms with E-state index in [0.29, 0.717) is 0 Å². The smallest absolute Gasteiger partial charge is 0.240 e. The maximum Gasteiger partial charge on any atom is 0.240 e. The number of rotatable bonds is 6. The molecule has 5 nitrogen and oxygen atoms in total. The highest BCUT2D eigenvalue weighted by atomic mass is 35.5. The van der Waals surface area contributed by atoms with E-state index >= 15 is 0 Å². The van der Waals surface area contributed by atoms with Crippen LogP contribution in [0.15, 0.2) is 29.2 Å². The normalized spacial score (nSPS) is 13.1. The van der Waals surface area contributed by atoms with Crippen molar-refractivity contribution in [2.75, 3.05) is 20.6 Å².